The maximum Gasteiger partial charge on any atom is 0.322 e. The number of carbonyl (C=O) groups is 1. The number of hydrogen-bond acceptors (Lipinski definition) is 8. The number of nitrogens with one attached hydrogen (secondary N) is 3. The summed E-state index contributed by atoms with van der Waals surface area (Å²) in [6.45, 7) is 0. The van der Waals surface area contributed by atoms with Crippen molar-refractivity contribution in [3.63, 3.8) is 0 Å². The van der Waals surface area contributed by atoms with Crippen LogP contribution in [0.15, 0.2) is 47.4 Å². The van der Waals surface area contributed by atoms with E-state index in [1.54, 1.807) is 0 Å². The van der Waals surface area contributed by atoms with Gasteiger partial charge < -0.3 is 25.7 Å². The van der Waals surface area contributed by atoms with E-state index in [1.165, 1.54) is 42.5 Å². The normalized spacial score (nSPS) is 20.1. The highest BCUT2D eigenvalue weighted by molar-refractivity contribution is 7.89. The molecule has 3 rings (SSSR count). The molecule has 1 heterocycles. The molecular formula is C17H19N3O7S. The van der Waals surface area contributed by atoms with Gasteiger partial charge in [0.15, 0.2) is 6.35 Å². The van der Waals surface area contributed by atoms with Crippen LogP contribution in [0.3, 0.4) is 0 Å². The number of anilines is 1. The van der Waals surface area contributed by atoms with Crippen LogP contribution in [0, 0.1) is 0 Å². The number of carboxylic acids is 1. The van der Waals surface area contributed by atoms with E-state index in [1.807, 2.05) is 0 Å². The van der Waals surface area contributed by atoms with Gasteiger partial charge in [-0.15, -0.1) is 0 Å². The Kier molecular flexibility index (Phi) is 5.54. The van der Waals surface area contributed by atoms with E-state index in [0.717, 1.165) is 0 Å². The molecule has 0 saturated heterocycles. The number of aliphatic hydroxyl groups excluding tert-OH is 2. The third-order valence-corrected chi connectivity index (χ3v) is 5.68. The van der Waals surface area contributed by atoms with E-state index < -0.39 is 34.6 Å². The standard InChI is InChI=1S/C17H19N3O7S/c21-10-3-1-9(2-4-10)7-14(16(23)24)20-28(26,27)11-5-6-13-12(8-11)15(22)19-17(25)18-13/h1-6,8,14-15,17-22,25H,7H2,(H,23,24). The molecule has 2 aromatic rings. The molecule has 3 atom stereocenters. The van der Waals surface area contributed by atoms with E-state index >= 15 is 0 Å². The molecule has 0 spiro atoms. The Labute approximate surface area is 160 Å². The average Bonchev–Trinajstić information content (AvgIpc) is 2.62. The second-order valence-electron chi connectivity index (χ2n) is 6.25. The number of aromatic hydroxyl groups is 1. The highest BCUT2D eigenvalue weighted by atomic mass is 32.2. The molecule has 11 heteroatoms. The van der Waals surface area contributed by atoms with Gasteiger partial charge in [0, 0.05) is 11.3 Å². The lowest BCUT2D eigenvalue weighted by molar-refractivity contribution is -0.138. The van der Waals surface area contributed by atoms with Crippen molar-refractivity contribution >= 4 is 21.7 Å². The largest absolute Gasteiger partial charge is 0.508 e. The summed E-state index contributed by atoms with van der Waals surface area (Å²) in [6, 6.07) is 8.10. The molecule has 2 aromatic carbocycles. The van der Waals surface area contributed by atoms with Crippen molar-refractivity contribution in [3.05, 3.63) is 53.6 Å². The molecule has 0 aliphatic carbocycles. The predicted molar refractivity (Wildman–Crippen MR) is 97.7 cm³/mol. The first-order valence-corrected chi connectivity index (χ1v) is 9.70. The third kappa shape index (κ3) is 4.40. The van der Waals surface area contributed by atoms with Gasteiger partial charge in [-0.05, 0) is 42.3 Å². The van der Waals surface area contributed by atoms with Crippen LogP contribution in [0.2, 0.25) is 0 Å². The fraction of sp³-hybridized carbons (Fsp3) is 0.235. The number of rotatable bonds is 6. The summed E-state index contributed by atoms with van der Waals surface area (Å²) in [4.78, 5) is 11.3. The van der Waals surface area contributed by atoms with E-state index in [0.29, 0.717) is 11.3 Å². The molecule has 0 aromatic heterocycles. The van der Waals surface area contributed by atoms with Crippen molar-refractivity contribution in [1.29, 1.82) is 0 Å². The molecule has 3 unspecified atom stereocenters. The quantitative estimate of drug-likeness (QED) is 0.337. The van der Waals surface area contributed by atoms with Gasteiger partial charge in [-0.25, -0.2) is 13.7 Å². The van der Waals surface area contributed by atoms with Crippen LogP contribution in [0.1, 0.15) is 17.4 Å². The molecule has 150 valence electrons. The van der Waals surface area contributed by atoms with Crippen molar-refractivity contribution in [2.75, 3.05) is 5.32 Å². The van der Waals surface area contributed by atoms with Crippen LogP contribution < -0.4 is 15.4 Å². The van der Waals surface area contributed by atoms with E-state index in [-0.39, 0.29) is 22.6 Å². The average molecular weight is 409 g/mol. The molecule has 0 amide bonds. The predicted octanol–water partition coefficient (Wildman–Crippen LogP) is -0.352. The van der Waals surface area contributed by atoms with Gasteiger partial charge in [-0.1, -0.05) is 12.1 Å². The number of phenolic OH excluding ortho intramolecular Hbond substituents is 1. The smallest absolute Gasteiger partial charge is 0.322 e. The summed E-state index contributed by atoms with van der Waals surface area (Å²) in [7, 11) is -4.21. The zero-order chi connectivity index (χ0) is 20.5. The SMILES string of the molecule is O=C(O)C(Cc1ccc(O)cc1)NS(=O)(=O)c1ccc2c(c1)C(O)NC(O)N2. The number of benzene rings is 2. The maximum atomic E-state index is 12.7. The highest BCUT2D eigenvalue weighted by Gasteiger charge is 2.28. The lowest BCUT2D eigenvalue weighted by Gasteiger charge is -2.29. The first kappa shape index (κ1) is 20.0. The molecule has 10 nitrogen and oxygen atoms in total. The van der Waals surface area contributed by atoms with E-state index in [9.17, 15) is 33.6 Å². The molecule has 0 saturated carbocycles. The van der Waals surface area contributed by atoms with Crippen LogP contribution in [-0.2, 0) is 21.2 Å². The van der Waals surface area contributed by atoms with Crippen LogP contribution in [0.5, 0.6) is 5.75 Å². The summed E-state index contributed by atoms with van der Waals surface area (Å²) in [5, 5.41) is 43.2. The zero-order valence-electron chi connectivity index (χ0n) is 14.4. The first-order valence-electron chi connectivity index (χ1n) is 8.21. The minimum Gasteiger partial charge on any atom is -0.508 e. The Morgan fingerprint density at radius 3 is 2.46 bits per heavy atom. The van der Waals surface area contributed by atoms with E-state index in [4.69, 9.17) is 0 Å². The Balaban J connectivity index is 1.84. The molecule has 0 bridgehead atoms. The number of aliphatic hydroxyl groups is 2. The van der Waals surface area contributed by atoms with Crippen molar-refractivity contribution in [1.82, 2.24) is 10.0 Å². The molecule has 0 fully saturated rings. The summed E-state index contributed by atoms with van der Waals surface area (Å²) >= 11 is 0. The third-order valence-electron chi connectivity index (χ3n) is 4.21. The molecule has 7 N–H and O–H groups in total. The summed E-state index contributed by atoms with van der Waals surface area (Å²) < 4.78 is 27.5. The molecule has 28 heavy (non-hydrogen) atoms. The first-order chi connectivity index (χ1) is 13.2. The van der Waals surface area contributed by atoms with Crippen LogP contribution in [-0.4, -0.2) is 47.2 Å². The van der Waals surface area contributed by atoms with Crippen molar-refractivity contribution in [2.45, 2.75) is 29.9 Å². The Hall–Kier alpha value is -2.70. The van der Waals surface area contributed by atoms with Crippen molar-refractivity contribution < 1.29 is 33.6 Å². The lowest BCUT2D eigenvalue weighted by Crippen LogP contribution is -2.44. The zero-order valence-corrected chi connectivity index (χ0v) is 15.2. The molecule has 1 aliphatic rings. The van der Waals surface area contributed by atoms with Gasteiger partial charge in [0.2, 0.25) is 10.0 Å². The minimum absolute atomic E-state index is 0.0103. The fourth-order valence-electron chi connectivity index (χ4n) is 2.80. The Bertz CT molecular complexity index is 979. The minimum atomic E-state index is -4.21. The number of sulfonamides is 1. The van der Waals surface area contributed by atoms with Gasteiger partial charge >= 0.3 is 5.97 Å². The molecule has 1 aliphatic heterocycles. The van der Waals surface area contributed by atoms with Gasteiger partial charge in [0.25, 0.3) is 0 Å². The fourth-order valence-corrected chi connectivity index (χ4v) is 4.02. The van der Waals surface area contributed by atoms with Gasteiger partial charge in [-0.2, -0.15) is 4.72 Å². The van der Waals surface area contributed by atoms with Crippen LogP contribution >= 0.6 is 0 Å². The number of carboxylic acid groups (broad SMARTS) is 1. The second kappa shape index (κ2) is 7.73. The van der Waals surface area contributed by atoms with Gasteiger partial charge in [-0.3, -0.25) is 4.79 Å². The van der Waals surface area contributed by atoms with Crippen molar-refractivity contribution in [3.8, 4) is 5.75 Å². The monoisotopic (exact) mass is 409 g/mol. The maximum absolute atomic E-state index is 12.7. The van der Waals surface area contributed by atoms with Crippen LogP contribution in [0.25, 0.3) is 0 Å². The summed E-state index contributed by atoms with van der Waals surface area (Å²) in [5.74, 6) is -1.35. The highest BCUT2D eigenvalue weighted by Crippen LogP contribution is 2.28. The van der Waals surface area contributed by atoms with Gasteiger partial charge in [0.1, 0.15) is 18.0 Å². The van der Waals surface area contributed by atoms with E-state index in [2.05, 4.69) is 15.4 Å². The summed E-state index contributed by atoms with van der Waals surface area (Å²) in [5.41, 5.74) is 1.06. The van der Waals surface area contributed by atoms with Crippen molar-refractivity contribution in [2.24, 2.45) is 0 Å². The topological polar surface area (TPSA) is 168 Å². The van der Waals surface area contributed by atoms with Gasteiger partial charge in [0.05, 0.1) is 4.90 Å². The lowest BCUT2D eigenvalue weighted by atomic mass is 10.1. The van der Waals surface area contributed by atoms with Crippen LogP contribution in [0.4, 0.5) is 5.69 Å². The second-order valence-corrected chi connectivity index (χ2v) is 7.96. The number of fused-ring (bicyclic) bond motifs is 1. The number of phenols is 1. The Morgan fingerprint density at radius 1 is 1.14 bits per heavy atom. The molecular weight excluding hydrogens is 390 g/mol. The molecule has 0 radical (unpaired) electrons. The number of hydrogen-bond donors (Lipinski definition) is 7. The number of aliphatic carboxylic acids is 1. The Morgan fingerprint density at radius 2 is 1.82 bits per heavy atom. The summed E-state index contributed by atoms with van der Waals surface area (Å²) in [6.07, 6.45) is -2.61.